The molecule has 0 aromatic heterocycles. The first-order chi connectivity index (χ1) is 10.8. The van der Waals surface area contributed by atoms with Gasteiger partial charge in [-0.1, -0.05) is 6.07 Å². The van der Waals surface area contributed by atoms with Gasteiger partial charge in [0, 0.05) is 44.5 Å². The van der Waals surface area contributed by atoms with E-state index in [-0.39, 0.29) is 0 Å². The third-order valence-corrected chi connectivity index (χ3v) is 6.89. The van der Waals surface area contributed by atoms with E-state index in [9.17, 15) is 4.91 Å². The Labute approximate surface area is 140 Å². The van der Waals surface area contributed by atoms with Crippen LogP contribution < -0.4 is 9.80 Å². The molecule has 0 aliphatic heterocycles. The third kappa shape index (κ3) is 3.50. The molecule has 124 valence electrons. The molecule has 2 rings (SSSR count). The molecule has 0 atom stereocenters. The quantitative estimate of drug-likeness (QED) is 0.745. The van der Waals surface area contributed by atoms with E-state index in [4.69, 9.17) is 0 Å². The summed E-state index contributed by atoms with van der Waals surface area (Å²) in [5.74, 6) is 0. The van der Waals surface area contributed by atoms with Gasteiger partial charge in [0.15, 0.2) is 0 Å². The number of anilines is 2. The van der Waals surface area contributed by atoms with Crippen LogP contribution in [0.4, 0.5) is 17.1 Å². The highest BCUT2D eigenvalue weighted by molar-refractivity contribution is 8.32. The summed E-state index contributed by atoms with van der Waals surface area (Å²) in [6.45, 7) is 0. The minimum Gasteiger partial charge on any atom is -0.378 e. The lowest BCUT2D eigenvalue weighted by atomic mass is 10.3. The molecule has 0 fully saturated rings. The summed E-state index contributed by atoms with van der Waals surface area (Å²) >= 11 is 0. The van der Waals surface area contributed by atoms with Gasteiger partial charge in [-0.25, -0.2) is 0 Å². The lowest BCUT2D eigenvalue weighted by Gasteiger charge is -2.34. The van der Waals surface area contributed by atoms with Crippen molar-refractivity contribution in [3.8, 4) is 0 Å². The van der Waals surface area contributed by atoms with Gasteiger partial charge in [0.2, 0.25) is 0 Å². The van der Waals surface area contributed by atoms with Crippen molar-refractivity contribution < 1.29 is 0 Å². The molecule has 0 aliphatic carbocycles. The van der Waals surface area contributed by atoms with Crippen molar-refractivity contribution in [2.24, 2.45) is 5.18 Å². The SMILES string of the molecule is CN(C)c1cccc(S(C)(C)c2cc(N(C)C)ccc2N=O)c1. The van der Waals surface area contributed by atoms with E-state index in [0.29, 0.717) is 5.69 Å². The van der Waals surface area contributed by atoms with Gasteiger partial charge >= 0.3 is 0 Å². The molecule has 0 radical (unpaired) electrons. The van der Waals surface area contributed by atoms with Gasteiger partial charge in [-0.3, -0.25) is 0 Å². The average molecular weight is 331 g/mol. The van der Waals surface area contributed by atoms with Crippen LogP contribution >= 0.6 is 10.0 Å². The Morgan fingerprint density at radius 3 is 2.04 bits per heavy atom. The molecule has 0 amide bonds. The predicted molar refractivity (Wildman–Crippen MR) is 103 cm³/mol. The van der Waals surface area contributed by atoms with Gasteiger partial charge in [0.25, 0.3) is 0 Å². The first-order valence-corrected chi connectivity index (χ1v) is 9.88. The molecular weight excluding hydrogens is 306 g/mol. The lowest BCUT2D eigenvalue weighted by molar-refractivity contribution is 1.11. The minimum atomic E-state index is -1.34. The van der Waals surface area contributed by atoms with Crippen molar-refractivity contribution in [3.63, 3.8) is 0 Å². The van der Waals surface area contributed by atoms with E-state index < -0.39 is 10.0 Å². The Balaban J connectivity index is 2.60. The molecule has 2 aromatic rings. The second kappa shape index (κ2) is 6.62. The largest absolute Gasteiger partial charge is 0.378 e. The maximum absolute atomic E-state index is 11.3. The zero-order chi connectivity index (χ0) is 17.2. The fourth-order valence-corrected chi connectivity index (χ4v) is 4.60. The molecular formula is C18H25N3OS. The summed E-state index contributed by atoms with van der Waals surface area (Å²) in [5, 5.41) is 3.26. The summed E-state index contributed by atoms with van der Waals surface area (Å²) in [5.41, 5.74) is 2.77. The van der Waals surface area contributed by atoms with Gasteiger partial charge in [-0.05, 0) is 59.0 Å². The Kier molecular flexibility index (Phi) is 5.00. The molecule has 0 bridgehead atoms. The van der Waals surface area contributed by atoms with Crippen LogP contribution in [0.5, 0.6) is 0 Å². The number of nitrogens with zero attached hydrogens (tertiary/aromatic N) is 3. The number of nitroso groups, excluding NO2 is 1. The van der Waals surface area contributed by atoms with Crippen LogP contribution in [-0.2, 0) is 0 Å². The summed E-state index contributed by atoms with van der Waals surface area (Å²) < 4.78 is 0. The molecule has 0 unspecified atom stereocenters. The van der Waals surface area contributed by atoms with Crippen molar-refractivity contribution in [1.29, 1.82) is 0 Å². The molecule has 0 aliphatic rings. The Morgan fingerprint density at radius 2 is 1.48 bits per heavy atom. The highest BCUT2D eigenvalue weighted by atomic mass is 32.3. The van der Waals surface area contributed by atoms with Crippen LogP contribution in [0.3, 0.4) is 0 Å². The molecule has 0 heterocycles. The molecule has 23 heavy (non-hydrogen) atoms. The number of rotatable bonds is 5. The van der Waals surface area contributed by atoms with E-state index in [2.05, 4.69) is 52.9 Å². The maximum Gasteiger partial charge on any atom is 0.120 e. The predicted octanol–water partition coefficient (Wildman–Crippen LogP) is 4.70. The molecule has 0 N–H and O–H groups in total. The van der Waals surface area contributed by atoms with Gasteiger partial charge < -0.3 is 9.80 Å². The van der Waals surface area contributed by atoms with Crippen LogP contribution in [0, 0.1) is 4.91 Å². The van der Waals surface area contributed by atoms with Crippen molar-refractivity contribution in [2.75, 3.05) is 50.5 Å². The maximum atomic E-state index is 11.3. The van der Waals surface area contributed by atoms with E-state index in [1.54, 1.807) is 0 Å². The van der Waals surface area contributed by atoms with Gasteiger partial charge in [0.1, 0.15) is 5.69 Å². The van der Waals surface area contributed by atoms with Crippen LogP contribution in [0.15, 0.2) is 57.4 Å². The van der Waals surface area contributed by atoms with Crippen molar-refractivity contribution >= 4 is 27.1 Å². The van der Waals surface area contributed by atoms with E-state index in [1.807, 2.05) is 45.2 Å². The smallest absolute Gasteiger partial charge is 0.120 e. The first-order valence-electron chi connectivity index (χ1n) is 7.43. The zero-order valence-corrected chi connectivity index (χ0v) is 15.5. The Morgan fingerprint density at radius 1 is 0.870 bits per heavy atom. The summed E-state index contributed by atoms with van der Waals surface area (Å²) in [6.07, 6.45) is 4.43. The van der Waals surface area contributed by atoms with Crippen LogP contribution in [-0.4, -0.2) is 40.7 Å². The number of hydrogen-bond acceptors (Lipinski definition) is 4. The molecule has 4 nitrogen and oxygen atoms in total. The lowest BCUT2D eigenvalue weighted by Crippen LogP contribution is -2.10. The van der Waals surface area contributed by atoms with Crippen molar-refractivity contribution in [2.45, 2.75) is 9.79 Å². The van der Waals surface area contributed by atoms with Gasteiger partial charge in [0.05, 0.1) is 0 Å². The molecule has 0 saturated heterocycles. The van der Waals surface area contributed by atoms with Crippen molar-refractivity contribution in [1.82, 2.24) is 0 Å². The van der Waals surface area contributed by atoms with E-state index in [0.717, 1.165) is 16.3 Å². The number of hydrogen-bond donors (Lipinski definition) is 0. The standard InChI is InChI=1S/C18H25N3OS/c1-20(2)14-8-7-9-16(12-14)23(5,6)18-13-15(21(3)4)10-11-17(18)19-22/h7-13H,1-6H3. The Bertz CT molecular complexity index is 711. The van der Waals surface area contributed by atoms with E-state index >= 15 is 0 Å². The number of benzene rings is 2. The second-order valence-electron chi connectivity index (χ2n) is 6.36. The molecule has 0 spiro atoms. The minimum absolute atomic E-state index is 0.533. The summed E-state index contributed by atoms with van der Waals surface area (Å²) in [4.78, 5) is 17.7. The van der Waals surface area contributed by atoms with Crippen molar-refractivity contribution in [3.05, 3.63) is 47.4 Å². The van der Waals surface area contributed by atoms with Crippen LogP contribution in [0.2, 0.25) is 0 Å². The normalized spacial score (nSPS) is 11.9. The topological polar surface area (TPSA) is 35.9 Å². The molecule has 5 heteroatoms. The summed E-state index contributed by atoms with van der Waals surface area (Å²) in [7, 11) is 6.73. The monoisotopic (exact) mass is 331 g/mol. The van der Waals surface area contributed by atoms with E-state index in [1.165, 1.54) is 4.90 Å². The molecule has 2 aromatic carbocycles. The van der Waals surface area contributed by atoms with Crippen LogP contribution in [0.1, 0.15) is 0 Å². The fraction of sp³-hybridized carbons (Fsp3) is 0.333. The molecule has 0 saturated carbocycles. The highest BCUT2D eigenvalue weighted by Gasteiger charge is 2.23. The first kappa shape index (κ1) is 17.3. The zero-order valence-electron chi connectivity index (χ0n) is 14.7. The summed E-state index contributed by atoms with van der Waals surface area (Å²) in [6, 6.07) is 14.4. The third-order valence-electron chi connectivity index (χ3n) is 4.03. The van der Waals surface area contributed by atoms with Gasteiger partial charge in [-0.15, -0.1) is 4.91 Å². The second-order valence-corrected chi connectivity index (χ2v) is 9.92. The van der Waals surface area contributed by atoms with Gasteiger partial charge in [-0.2, -0.15) is 10.0 Å². The highest BCUT2D eigenvalue weighted by Crippen LogP contribution is 2.60. The average Bonchev–Trinajstić information content (AvgIpc) is 2.54. The fourth-order valence-electron chi connectivity index (χ4n) is 2.47. The Hall–Kier alpha value is -2.01. The van der Waals surface area contributed by atoms with Crippen LogP contribution in [0.25, 0.3) is 0 Å².